The van der Waals surface area contributed by atoms with E-state index in [-0.39, 0.29) is 25.0 Å². The normalized spacial score (nSPS) is 15.5. The predicted molar refractivity (Wildman–Crippen MR) is 117 cm³/mol. The van der Waals surface area contributed by atoms with Crippen LogP contribution in [0.3, 0.4) is 0 Å². The van der Waals surface area contributed by atoms with Crippen molar-refractivity contribution in [1.29, 1.82) is 0 Å². The van der Waals surface area contributed by atoms with E-state index in [0.717, 1.165) is 31.2 Å². The smallest absolute Gasteiger partial charge is 0.324 e. The van der Waals surface area contributed by atoms with Crippen molar-refractivity contribution >= 4 is 17.8 Å². The van der Waals surface area contributed by atoms with E-state index in [0.29, 0.717) is 43.9 Å². The predicted octanol–water partition coefficient (Wildman–Crippen LogP) is 2.08. The van der Waals surface area contributed by atoms with Gasteiger partial charge in [-0.3, -0.25) is 9.59 Å². The van der Waals surface area contributed by atoms with Gasteiger partial charge in [-0.05, 0) is 62.3 Å². The van der Waals surface area contributed by atoms with Crippen LogP contribution in [0, 0.1) is 12.8 Å². The van der Waals surface area contributed by atoms with Crippen LogP contribution in [0.2, 0.25) is 0 Å². The van der Waals surface area contributed by atoms with Crippen molar-refractivity contribution in [3.8, 4) is 5.75 Å². The van der Waals surface area contributed by atoms with E-state index in [2.05, 4.69) is 10.3 Å². The molecule has 1 aliphatic rings. The Bertz CT molecular complexity index is 819. The molecule has 0 spiro atoms. The monoisotopic (exact) mass is 454 g/mol. The molecule has 0 aliphatic carbocycles. The fourth-order valence-corrected chi connectivity index (χ4v) is 3.53. The fraction of sp³-hybridized carbons (Fsp3) is 0.591. The van der Waals surface area contributed by atoms with Gasteiger partial charge in [0.25, 0.3) is 5.91 Å². The van der Waals surface area contributed by atoms with Crippen LogP contribution in [0.5, 0.6) is 5.75 Å². The number of hydrogen-bond donors (Lipinski definition) is 3. The third-order valence-corrected chi connectivity index (χ3v) is 5.40. The van der Waals surface area contributed by atoms with Gasteiger partial charge in [-0.2, -0.15) is 13.8 Å². The topological polar surface area (TPSA) is 117 Å². The average molecular weight is 455 g/mol. The van der Waals surface area contributed by atoms with Crippen molar-refractivity contribution in [2.45, 2.75) is 45.5 Å². The Morgan fingerprint density at radius 1 is 1.34 bits per heavy atom. The number of halogens is 2. The number of aliphatic imine (C=N–C) groups is 1. The molecule has 1 heterocycles. The summed E-state index contributed by atoms with van der Waals surface area (Å²) in [7, 11) is 0. The summed E-state index contributed by atoms with van der Waals surface area (Å²) in [6.45, 7) is 4.13. The molecule has 10 heteroatoms. The summed E-state index contributed by atoms with van der Waals surface area (Å²) in [5, 5.41) is 11.4. The Balaban J connectivity index is 1.71. The minimum Gasteiger partial charge on any atom is -0.494 e. The van der Waals surface area contributed by atoms with Gasteiger partial charge in [0, 0.05) is 32.1 Å². The number of aliphatic hydroxyl groups is 1. The first kappa shape index (κ1) is 25.5. The molecule has 4 N–H and O–H groups in total. The maximum absolute atomic E-state index is 13.0. The second-order valence-corrected chi connectivity index (χ2v) is 8.04. The molecule has 0 bridgehead atoms. The van der Waals surface area contributed by atoms with Gasteiger partial charge in [-0.1, -0.05) is 0 Å². The van der Waals surface area contributed by atoms with Crippen molar-refractivity contribution in [3.63, 3.8) is 0 Å². The number of aliphatic hydroxyl groups excluding tert-OH is 1. The first-order valence-corrected chi connectivity index (χ1v) is 10.8. The molecule has 0 atom stereocenters. The number of carbonyl (C=O) groups is 2. The lowest BCUT2D eigenvalue weighted by atomic mass is 9.92. The molecule has 1 saturated heterocycles. The van der Waals surface area contributed by atoms with Crippen molar-refractivity contribution in [2.75, 3.05) is 32.8 Å². The van der Waals surface area contributed by atoms with Crippen LogP contribution in [0.1, 0.15) is 48.5 Å². The van der Waals surface area contributed by atoms with Gasteiger partial charge in [0.1, 0.15) is 5.75 Å². The van der Waals surface area contributed by atoms with Crippen LogP contribution in [0.15, 0.2) is 23.2 Å². The molecule has 0 aromatic heterocycles. The third-order valence-electron chi connectivity index (χ3n) is 5.40. The lowest BCUT2D eigenvalue weighted by Gasteiger charge is -2.32. The second-order valence-electron chi connectivity index (χ2n) is 8.04. The molecule has 2 rings (SSSR count). The number of nitrogens with one attached hydrogen (secondary N) is 1. The van der Waals surface area contributed by atoms with E-state index in [4.69, 9.17) is 15.6 Å². The highest BCUT2D eigenvalue weighted by molar-refractivity contribution is 5.96. The maximum atomic E-state index is 13.0. The van der Waals surface area contributed by atoms with Crippen LogP contribution in [0.25, 0.3) is 0 Å². The Morgan fingerprint density at radius 3 is 2.62 bits per heavy atom. The number of nitrogens with zero attached hydrogens (tertiary/aromatic N) is 2. The lowest BCUT2D eigenvalue weighted by Crippen LogP contribution is -2.44. The zero-order valence-electron chi connectivity index (χ0n) is 18.6. The average Bonchev–Trinajstić information content (AvgIpc) is 2.74. The number of hydrogen-bond acceptors (Lipinski definition) is 4. The van der Waals surface area contributed by atoms with E-state index in [1.165, 1.54) is 0 Å². The summed E-state index contributed by atoms with van der Waals surface area (Å²) in [5.74, 6) is -4.27. The van der Waals surface area contributed by atoms with Gasteiger partial charge in [-0.25, -0.2) is 0 Å². The van der Waals surface area contributed by atoms with E-state index in [9.17, 15) is 18.4 Å². The Hall–Kier alpha value is -2.75. The summed E-state index contributed by atoms with van der Waals surface area (Å²) in [6, 6.07) is 5.27. The molecule has 0 radical (unpaired) electrons. The first-order valence-electron chi connectivity index (χ1n) is 10.8. The highest BCUT2D eigenvalue weighted by Gasteiger charge is 2.33. The van der Waals surface area contributed by atoms with Crippen LogP contribution >= 0.6 is 0 Å². The number of ether oxygens (including phenoxy) is 1. The summed E-state index contributed by atoms with van der Waals surface area (Å²) >= 11 is 0. The number of benzene rings is 1. The highest BCUT2D eigenvalue weighted by Crippen LogP contribution is 2.23. The number of likely N-dealkylation sites (tertiary alicyclic amines) is 1. The summed E-state index contributed by atoms with van der Waals surface area (Å²) in [5.41, 5.74) is 7.05. The highest BCUT2D eigenvalue weighted by atomic mass is 19.3. The number of aryl methyl sites for hydroxylation is 1. The van der Waals surface area contributed by atoms with Crippen molar-refractivity contribution < 1.29 is 28.2 Å². The molecule has 1 aromatic rings. The van der Waals surface area contributed by atoms with Gasteiger partial charge in [-0.15, -0.1) is 0 Å². The van der Waals surface area contributed by atoms with Crippen molar-refractivity contribution in [2.24, 2.45) is 16.6 Å². The number of carbonyl (C=O) groups excluding carboxylic acids is 2. The zero-order valence-corrected chi connectivity index (χ0v) is 18.6. The van der Waals surface area contributed by atoms with E-state index in [1.54, 1.807) is 17.0 Å². The summed E-state index contributed by atoms with van der Waals surface area (Å²) < 4.78 is 31.7. The molecule has 0 saturated carbocycles. The third kappa shape index (κ3) is 7.74. The maximum Gasteiger partial charge on any atom is 0.324 e. The van der Waals surface area contributed by atoms with E-state index >= 15 is 0 Å². The molecular formula is C22H32F2N4O4. The van der Waals surface area contributed by atoms with E-state index < -0.39 is 11.8 Å². The van der Waals surface area contributed by atoms with Gasteiger partial charge in [0.2, 0.25) is 0 Å². The van der Waals surface area contributed by atoms with Gasteiger partial charge < -0.3 is 25.8 Å². The first-order chi connectivity index (χ1) is 15.1. The molecular weight excluding hydrogens is 422 g/mol. The van der Waals surface area contributed by atoms with Gasteiger partial charge in [0.05, 0.1) is 13.2 Å². The number of guanidine groups is 1. The summed E-state index contributed by atoms with van der Waals surface area (Å²) in [4.78, 5) is 28.3. The largest absolute Gasteiger partial charge is 0.494 e. The van der Waals surface area contributed by atoms with Gasteiger partial charge >= 0.3 is 11.8 Å². The number of rotatable bonds is 9. The van der Waals surface area contributed by atoms with Crippen LogP contribution in [0.4, 0.5) is 8.78 Å². The molecule has 1 aliphatic heterocycles. The number of piperidine rings is 1. The Kier molecular flexibility index (Phi) is 9.37. The molecule has 8 nitrogen and oxygen atoms in total. The van der Waals surface area contributed by atoms with E-state index in [1.807, 2.05) is 13.0 Å². The quantitative estimate of drug-likeness (QED) is 0.299. The molecule has 32 heavy (non-hydrogen) atoms. The van der Waals surface area contributed by atoms with Crippen LogP contribution in [-0.4, -0.2) is 66.6 Å². The minimum absolute atomic E-state index is 0.108. The molecule has 1 fully saturated rings. The van der Waals surface area contributed by atoms with Crippen LogP contribution in [-0.2, 0) is 4.79 Å². The molecule has 2 amide bonds. The molecule has 178 valence electrons. The molecule has 1 aromatic carbocycles. The van der Waals surface area contributed by atoms with Crippen LogP contribution < -0.4 is 15.8 Å². The Morgan fingerprint density at radius 2 is 2.03 bits per heavy atom. The summed E-state index contributed by atoms with van der Waals surface area (Å²) in [6.07, 6.45) is 3.48. The van der Waals surface area contributed by atoms with Gasteiger partial charge in [0.15, 0.2) is 5.96 Å². The standard InChI is InChI=1S/C22H32F2N4O4/c1-15-14-17(5-6-18(15)19(30)26-9-12-29)32-13-3-4-16-7-10-28(11-8-16)21(25)27-20(31)22(2,23)24/h5-6,14,16,29H,3-4,7-13H2,1-2H3,(H,26,30)(H2,25,27,31). The lowest BCUT2D eigenvalue weighted by molar-refractivity contribution is -0.139. The number of nitrogens with two attached hydrogens (primary N) is 1. The fourth-order valence-electron chi connectivity index (χ4n) is 3.53. The zero-order chi connectivity index (χ0) is 23.7. The van der Waals surface area contributed by atoms with Crippen molar-refractivity contribution in [3.05, 3.63) is 29.3 Å². The Labute approximate surface area is 186 Å². The SMILES string of the molecule is Cc1cc(OCCCC2CCN(C(N)=NC(=O)C(C)(F)F)CC2)ccc1C(=O)NCCO. The number of amides is 2. The van der Waals surface area contributed by atoms with Crippen molar-refractivity contribution in [1.82, 2.24) is 10.2 Å². The number of alkyl halides is 2. The second kappa shape index (κ2) is 11.8. The molecule has 0 unspecified atom stereocenters. The minimum atomic E-state index is -3.52.